The summed E-state index contributed by atoms with van der Waals surface area (Å²) in [5, 5.41) is 0. The van der Waals surface area contributed by atoms with E-state index in [1.54, 1.807) is 0 Å². The van der Waals surface area contributed by atoms with Crippen LogP contribution in [0.25, 0.3) is 0 Å². The average molecular weight is 84.2 g/mol. The Morgan fingerprint density at radius 1 is 1.83 bits per heavy atom. The molecule has 0 nitrogen and oxygen atoms in total. The standard InChI is InChI=1S/C6H12/c1-4-6(3)5-2/h4,6H,3,5H2,1-2H3. The van der Waals surface area contributed by atoms with Gasteiger partial charge in [-0.2, -0.15) is 0 Å². The lowest BCUT2D eigenvalue weighted by atomic mass is 10.1. The summed E-state index contributed by atoms with van der Waals surface area (Å²) in [4.78, 5) is 0. The summed E-state index contributed by atoms with van der Waals surface area (Å²) in [5.41, 5.74) is 0. The van der Waals surface area contributed by atoms with Gasteiger partial charge in [-0.25, -0.2) is 0 Å². The van der Waals surface area contributed by atoms with Crippen molar-refractivity contribution >= 4 is 0 Å². The highest BCUT2D eigenvalue weighted by Crippen LogP contribution is 2.00. The fourth-order valence-electron chi connectivity index (χ4n) is 0.236. The fourth-order valence-corrected chi connectivity index (χ4v) is 0.236. The number of rotatable bonds is 2. The first-order valence-electron chi connectivity index (χ1n) is 2.43. The molecule has 0 amide bonds. The van der Waals surface area contributed by atoms with Crippen molar-refractivity contribution < 1.29 is 0 Å². The molecule has 0 heterocycles. The molecule has 0 N–H and O–H groups in total. The summed E-state index contributed by atoms with van der Waals surface area (Å²) in [5.74, 6) is 0.560. The van der Waals surface area contributed by atoms with Crippen LogP contribution >= 0.6 is 0 Å². The summed E-state index contributed by atoms with van der Waals surface area (Å²) >= 11 is 0. The van der Waals surface area contributed by atoms with Crippen LogP contribution in [0.5, 0.6) is 0 Å². The molecule has 0 heteroatoms. The van der Waals surface area contributed by atoms with Crippen LogP contribution < -0.4 is 0 Å². The van der Waals surface area contributed by atoms with Crippen molar-refractivity contribution in [3.63, 3.8) is 0 Å². The van der Waals surface area contributed by atoms with E-state index in [9.17, 15) is 0 Å². The van der Waals surface area contributed by atoms with Gasteiger partial charge < -0.3 is 0 Å². The molecule has 6 heavy (non-hydrogen) atoms. The van der Waals surface area contributed by atoms with E-state index in [1.165, 1.54) is 0 Å². The van der Waals surface area contributed by atoms with Crippen LogP contribution in [0, 0.1) is 19.3 Å². The van der Waals surface area contributed by atoms with E-state index in [0.29, 0.717) is 5.92 Å². The third-order valence-electron chi connectivity index (χ3n) is 0.996. The molecule has 0 aromatic heterocycles. The second-order valence-corrected chi connectivity index (χ2v) is 1.50. The first-order chi connectivity index (χ1) is 2.81. The molecule has 36 valence electrons. The van der Waals surface area contributed by atoms with Crippen molar-refractivity contribution in [3.05, 3.63) is 13.3 Å². The Kier molecular flexibility index (Phi) is 3.20. The van der Waals surface area contributed by atoms with Crippen LogP contribution in [0.3, 0.4) is 0 Å². The van der Waals surface area contributed by atoms with Gasteiger partial charge in [0.2, 0.25) is 0 Å². The predicted molar refractivity (Wildman–Crippen MR) is 29.1 cm³/mol. The first kappa shape index (κ1) is 6.00. The Morgan fingerprint density at radius 2 is 2.33 bits per heavy atom. The Morgan fingerprint density at radius 3 is 2.33 bits per heavy atom. The van der Waals surface area contributed by atoms with Crippen molar-refractivity contribution in [1.82, 2.24) is 0 Å². The second kappa shape index (κ2) is 3.20. The molecule has 2 radical (unpaired) electrons. The van der Waals surface area contributed by atoms with Gasteiger partial charge in [0.05, 0.1) is 0 Å². The van der Waals surface area contributed by atoms with E-state index in [1.807, 2.05) is 6.92 Å². The van der Waals surface area contributed by atoms with Crippen LogP contribution in [0.2, 0.25) is 0 Å². The molecule has 0 fully saturated rings. The van der Waals surface area contributed by atoms with Crippen LogP contribution in [0.15, 0.2) is 0 Å². The monoisotopic (exact) mass is 84.1 g/mol. The molecule has 0 aliphatic carbocycles. The van der Waals surface area contributed by atoms with E-state index in [4.69, 9.17) is 0 Å². The third-order valence-corrected chi connectivity index (χ3v) is 0.996. The summed E-state index contributed by atoms with van der Waals surface area (Å²) in [6.45, 7) is 8.00. The molecule has 0 aliphatic rings. The zero-order valence-electron chi connectivity index (χ0n) is 4.57. The van der Waals surface area contributed by atoms with Gasteiger partial charge >= 0.3 is 0 Å². The van der Waals surface area contributed by atoms with E-state index in [-0.39, 0.29) is 0 Å². The fraction of sp³-hybridized carbons (Fsp3) is 0.667. The average Bonchev–Trinajstić information content (AvgIpc) is 1.65. The van der Waals surface area contributed by atoms with Gasteiger partial charge in [-0.05, 0) is 19.3 Å². The lowest BCUT2D eigenvalue weighted by Gasteiger charge is -1.98. The van der Waals surface area contributed by atoms with Crippen molar-refractivity contribution in [2.45, 2.75) is 20.3 Å². The molecule has 0 bridgehead atoms. The molecule has 0 aliphatic heterocycles. The molecular formula is C6H12. The van der Waals surface area contributed by atoms with E-state index >= 15 is 0 Å². The minimum atomic E-state index is 0.560. The minimum absolute atomic E-state index is 0.560. The molecule has 0 saturated carbocycles. The van der Waals surface area contributed by atoms with Gasteiger partial charge in [0.25, 0.3) is 0 Å². The van der Waals surface area contributed by atoms with E-state index in [2.05, 4.69) is 20.3 Å². The van der Waals surface area contributed by atoms with E-state index in [0.717, 1.165) is 6.42 Å². The van der Waals surface area contributed by atoms with Crippen molar-refractivity contribution in [3.8, 4) is 0 Å². The largest absolute Gasteiger partial charge is 0.0651 e. The SMILES string of the molecule is [CH2]C([CH]C)CC. The maximum Gasteiger partial charge on any atom is -0.0386 e. The number of hydrogen-bond acceptors (Lipinski definition) is 0. The Labute approximate surface area is 40.6 Å². The summed E-state index contributed by atoms with van der Waals surface area (Å²) in [6.07, 6.45) is 3.27. The molecule has 0 saturated heterocycles. The molecule has 0 rings (SSSR count). The molecular weight excluding hydrogens is 72.1 g/mol. The second-order valence-electron chi connectivity index (χ2n) is 1.50. The van der Waals surface area contributed by atoms with E-state index < -0.39 is 0 Å². The molecule has 0 spiro atoms. The zero-order valence-corrected chi connectivity index (χ0v) is 4.57. The van der Waals surface area contributed by atoms with Crippen LogP contribution in [-0.4, -0.2) is 0 Å². The van der Waals surface area contributed by atoms with Crippen molar-refractivity contribution in [1.29, 1.82) is 0 Å². The van der Waals surface area contributed by atoms with Gasteiger partial charge in [0.15, 0.2) is 0 Å². The topological polar surface area (TPSA) is 0 Å². The molecule has 1 unspecified atom stereocenters. The highest BCUT2D eigenvalue weighted by Gasteiger charge is 1.89. The van der Waals surface area contributed by atoms with Crippen molar-refractivity contribution in [2.75, 3.05) is 0 Å². The third kappa shape index (κ3) is 2.25. The molecule has 0 aromatic carbocycles. The van der Waals surface area contributed by atoms with Crippen LogP contribution in [0.4, 0.5) is 0 Å². The summed E-state index contributed by atoms with van der Waals surface area (Å²) < 4.78 is 0. The van der Waals surface area contributed by atoms with Gasteiger partial charge in [0.1, 0.15) is 0 Å². The molecule has 0 aromatic rings. The van der Waals surface area contributed by atoms with Gasteiger partial charge in [0, 0.05) is 0 Å². The highest BCUT2D eigenvalue weighted by molar-refractivity contribution is 4.70. The lowest BCUT2D eigenvalue weighted by Crippen LogP contribution is -1.86. The minimum Gasteiger partial charge on any atom is -0.0651 e. The number of hydrogen-bond donors (Lipinski definition) is 0. The predicted octanol–water partition coefficient (Wildman–Crippen LogP) is 2.07. The maximum absolute atomic E-state index is 3.82. The quantitative estimate of drug-likeness (QED) is 0.480. The van der Waals surface area contributed by atoms with Crippen molar-refractivity contribution in [2.24, 2.45) is 5.92 Å². The lowest BCUT2D eigenvalue weighted by molar-refractivity contribution is 0.716. The smallest absolute Gasteiger partial charge is 0.0386 e. The van der Waals surface area contributed by atoms with Gasteiger partial charge in [-0.1, -0.05) is 20.3 Å². The Bertz CT molecular complexity index is 19.2. The Balaban J connectivity index is 2.75. The Hall–Kier alpha value is 0. The van der Waals surface area contributed by atoms with Gasteiger partial charge in [-0.15, -0.1) is 0 Å². The summed E-state index contributed by atoms with van der Waals surface area (Å²) in [6, 6.07) is 0. The van der Waals surface area contributed by atoms with Crippen LogP contribution in [-0.2, 0) is 0 Å². The zero-order chi connectivity index (χ0) is 4.99. The van der Waals surface area contributed by atoms with Crippen LogP contribution in [0.1, 0.15) is 20.3 Å². The highest BCUT2D eigenvalue weighted by atomic mass is 13.9. The normalized spacial score (nSPS) is 10.0. The molecule has 1 atom stereocenters. The maximum atomic E-state index is 3.82. The first-order valence-corrected chi connectivity index (χ1v) is 2.43. The summed E-state index contributed by atoms with van der Waals surface area (Å²) in [7, 11) is 0. The van der Waals surface area contributed by atoms with Gasteiger partial charge in [-0.3, -0.25) is 0 Å².